The second kappa shape index (κ2) is 6.06. The first-order chi connectivity index (χ1) is 14.9. The third kappa shape index (κ3) is 2.36. The number of hydrogen-bond acceptors (Lipinski definition) is 2. The number of rotatable bonds is 1. The van der Waals surface area contributed by atoms with Crippen molar-refractivity contribution in [2.24, 2.45) is 11.8 Å². The van der Waals surface area contributed by atoms with E-state index in [9.17, 15) is 22.8 Å². The lowest BCUT2D eigenvalue weighted by Crippen LogP contribution is -2.41. The minimum Gasteiger partial charge on any atom is -0.274 e. The van der Waals surface area contributed by atoms with Crippen LogP contribution in [0.25, 0.3) is 0 Å². The maximum atomic E-state index is 13.5. The average molecular weight is 419 g/mol. The van der Waals surface area contributed by atoms with Crippen LogP contribution in [-0.4, -0.2) is 11.8 Å². The first-order valence-corrected chi connectivity index (χ1v) is 10.1. The smallest absolute Gasteiger partial charge is 0.274 e. The Morgan fingerprint density at radius 3 is 1.52 bits per heavy atom. The molecular formula is C25H16F3NO2. The summed E-state index contributed by atoms with van der Waals surface area (Å²) in [4.78, 5) is 28.1. The summed E-state index contributed by atoms with van der Waals surface area (Å²) in [5.41, 5.74) is 3.21. The minimum atomic E-state index is -4.56. The molecule has 0 aromatic heterocycles. The molecule has 0 unspecified atom stereocenters. The molecule has 1 fully saturated rings. The van der Waals surface area contributed by atoms with Gasteiger partial charge in [0.2, 0.25) is 11.8 Å². The number of carbonyl (C=O) groups is 2. The van der Waals surface area contributed by atoms with Gasteiger partial charge in [-0.2, -0.15) is 13.2 Å². The van der Waals surface area contributed by atoms with E-state index in [-0.39, 0.29) is 17.5 Å². The molecule has 3 aromatic carbocycles. The van der Waals surface area contributed by atoms with E-state index >= 15 is 0 Å². The minimum absolute atomic E-state index is 0.0215. The number of benzene rings is 3. The Morgan fingerprint density at radius 2 is 1.10 bits per heavy atom. The summed E-state index contributed by atoms with van der Waals surface area (Å²) in [6.45, 7) is 0. The molecule has 7 rings (SSSR count). The molecule has 0 saturated carbocycles. The highest BCUT2D eigenvalue weighted by atomic mass is 19.4. The highest BCUT2D eigenvalue weighted by Crippen LogP contribution is 2.61. The van der Waals surface area contributed by atoms with Gasteiger partial charge >= 0.3 is 6.18 Å². The molecule has 0 spiro atoms. The predicted molar refractivity (Wildman–Crippen MR) is 107 cm³/mol. The second-order valence-electron chi connectivity index (χ2n) is 8.32. The van der Waals surface area contributed by atoms with Gasteiger partial charge in [0.25, 0.3) is 0 Å². The monoisotopic (exact) mass is 419 g/mol. The number of carbonyl (C=O) groups excluding carboxylic acids is 2. The maximum Gasteiger partial charge on any atom is 0.416 e. The Kier molecular flexibility index (Phi) is 3.59. The molecule has 2 bridgehead atoms. The standard InChI is InChI=1S/C25H16F3NO2/c26-25(27,28)13-6-5-7-14(12-13)29-23(30)21-19-15-8-1-2-9-16(15)20(22(21)24(29)31)18-11-4-3-10-17(18)19/h1-12,19-22H/t19?,20?,21-,22-/m1/s1. The number of imide groups is 1. The molecule has 3 nitrogen and oxygen atoms in total. The molecule has 2 amide bonds. The van der Waals surface area contributed by atoms with Crippen molar-refractivity contribution in [1.29, 1.82) is 0 Å². The third-order valence-electron chi connectivity index (χ3n) is 6.88. The molecule has 31 heavy (non-hydrogen) atoms. The molecule has 1 aliphatic heterocycles. The number of amides is 2. The van der Waals surface area contributed by atoms with E-state index < -0.39 is 35.4 Å². The Hall–Kier alpha value is -3.41. The first kappa shape index (κ1) is 18.4. The lowest BCUT2D eigenvalue weighted by Gasteiger charge is -2.45. The predicted octanol–water partition coefficient (Wildman–Crippen LogP) is 5.10. The van der Waals surface area contributed by atoms with Gasteiger partial charge in [-0.1, -0.05) is 54.6 Å². The Morgan fingerprint density at radius 1 is 0.645 bits per heavy atom. The van der Waals surface area contributed by atoms with Gasteiger partial charge in [-0.05, 0) is 40.5 Å². The Bertz CT molecular complexity index is 1150. The highest BCUT2D eigenvalue weighted by molar-refractivity contribution is 6.23. The van der Waals surface area contributed by atoms with Crippen LogP contribution in [0.2, 0.25) is 0 Å². The zero-order chi connectivity index (χ0) is 21.5. The zero-order valence-corrected chi connectivity index (χ0v) is 16.1. The van der Waals surface area contributed by atoms with Crippen LogP contribution in [0.3, 0.4) is 0 Å². The first-order valence-electron chi connectivity index (χ1n) is 10.1. The van der Waals surface area contributed by atoms with Gasteiger partial charge in [0, 0.05) is 11.8 Å². The zero-order valence-electron chi connectivity index (χ0n) is 16.1. The van der Waals surface area contributed by atoms with Crippen molar-refractivity contribution < 1.29 is 22.8 Å². The topological polar surface area (TPSA) is 37.4 Å². The van der Waals surface area contributed by atoms with E-state index in [0.29, 0.717) is 0 Å². The summed E-state index contributed by atoms with van der Waals surface area (Å²) in [6, 6.07) is 20.1. The summed E-state index contributed by atoms with van der Waals surface area (Å²) in [6.07, 6.45) is -4.56. The van der Waals surface area contributed by atoms with Crippen molar-refractivity contribution in [2.45, 2.75) is 18.0 Å². The van der Waals surface area contributed by atoms with Crippen LogP contribution in [0.15, 0.2) is 72.8 Å². The van der Waals surface area contributed by atoms with E-state index in [4.69, 9.17) is 0 Å². The number of nitrogens with zero attached hydrogens (tertiary/aromatic N) is 1. The van der Waals surface area contributed by atoms with Crippen molar-refractivity contribution >= 4 is 17.5 Å². The van der Waals surface area contributed by atoms with Gasteiger partial charge in [-0.3, -0.25) is 9.59 Å². The lowest BCUT2D eigenvalue weighted by molar-refractivity contribution is -0.137. The van der Waals surface area contributed by atoms with E-state index in [0.717, 1.165) is 39.3 Å². The molecule has 1 saturated heterocycles. The molecule has 154 valence electrons. The van der Waals surface area contributed by atoms with Crippen molar-refractivity contribution in [1.82, 2.24) is 0 Å². The number of halogens is 3. The lowest BCUT2D eigenvalue weighted by atomic mass is 9.55. The van der Waals surface area contributed by atoms with Gasteiger partial charge in [0.05, 0.1) is 23.1 Å². The van der Waals surface area contributed by atoms with Crippen molar-refractivity contribution in [3.8, 4) is 0 Å². The molecule has 0 N–H and O–H groups in total. The molecule has 3 aliphatic carbocycles. The Balaban J connectivity index is 1.52. The summed E-state index contributed by atoms with van der Waals surface area (Å²) in [5.74, 6) is -2.64. The third-order valence-corrected chi connectivity index (χ3v) is 6.88. The van der Waals surface area contributed by atoms with Gasteiger partial charge in [-0.15, -0.1) is 0 Å². The molecule has 1 heterocycles. The number of anilines is 1. The molecule has 6 heteroatoms. The fourth-order valence-electron chi connectivity index (χ4n) is 5.75. The second-order valence-corrected chi connectivity index (χ2v) is 8.32. The van der Waals surface area contributed by atoms with Gasteiger partial charge in [0.1, 0.15) is 0 Å². The number of hydrogen-bond donors (Lipinski definition) is 0. The summed E-state index contributed by atoms with van der Waals surface area (Å²) in [7, 11) is 0. The average Bonchev–Trinajstić information content (AvgIpc) is 3.04. The van der Waals surface area contributed by atoms with Crippen molar-refractivity contribution in [3.63, 3.8) is 0 Å². The molecular weight excluding hydrogens is 403 g/mol. The van der Waals surface area contributed by atoms with Gasteiger partial charge < -0.3 is 0 Å². The van der Waals surface area contributed by atoms with Crippen LogP contribution in [-0.2, 0) is 15.8 Å². The maximum absolute atomic E-state index is 13.5. The van der Waals surface area contributed by atoms with Gasteiger partial charge in [-0.25, -0.2) is 4.90 Å². The normalized spacial score (nSPS) is 26.0. The van der Waals surface area contributed by atoms with E-state index in [1.54, 1.807) is 0 Å². The fraction of sp³-hybridized carbons (Fsp3) is 0.200. The Labute approximate surface area is 176 Å². The van der Waals surface area contributed by atoms with Gasteiger partial charge in [0.15, 0.2) is 0 Å². The molecule has 2 atom stereocenters. The summed E-state index contributed by atoms with van der Waals surface area (Å²) >= 11 is 0. The van der Waals surface area contributed by atoms with Crippen LogP contribution in [0.5, 0.6) is 0 Å². The van der Waals surface area contributed by atoms with Crippen LogP contribution >= 0.6 is 0 Å². The van der Waals surface area contributed by atoms with E-state index in [1.807, 2.05) is 48.5 Å². The highest BCUT2D eigenvalue weighted by Gasteiger charge is 2.61. The molecule has 3 aromatic rings. The van der Waals surface area contributed by atoms with Crippen LogP contribution < -0.4 is 4.90 Å². The molecule has 0 radical (unpaired) electrons. The van der Waals surface area contributed by atoms with Crippen LogP contribution in [0.4, 0.5) is 18.9 Å². The van der Waals surface area contributed by atoms with Crippen LogP contribution in [0, 0.1) is 11.8 Å². The largest absolute Gasteiger partial charge is 0.416 e. The number of alkyl halides is 3. The van der Waals surface area contributed by atoms with E-state index in [1.165, 1.54) is 12.1 Å². The van der Waals surface area contributed by atoms with Crippen molar-refractivity contribution in [2.75, 3.05) is 4.90 Å². The van der Waals surface area contributed by atoms with Crippen LogP contribution in [0.1, 0.15) is 39.7 Å². The summed E-state index contributed by atoms with van der Waals surface area (Å²) in [5, 5.41) is 0. The SMILES string of the molecule is O=C1[C@@H]2C3c4ccccc4C(c4ccccc43)[C@H]2C(=O)N1c1cccc(C(F)(F)F)c1. The summed E-state index contributed by atoms with van der Waals surface area (Å²) < 4.78 is 39.7. The van der Waals surface area contributed by atoms with Crippen molar-refractivity contribution in [3.05, 3.63) is 101 Å². The fourth-order valence-corrected chi connectivity index (χ4v) is 5.75. The van der Waals surface area contributed by atoms with E-state index in [2.05, 4.69) is 0 Å². The quantitative estimate of drug-likeness (QED) is 0.515. The molecule has 4 aliphatic rings.